The number of rotatable bonds is 4. The smallest absolute Gasteiger partial charge is 0.195 e. The molecule has 0 aliphatic rings. The van der Waals surface area contributed by atoms with E-state index < -0.39 is 0 Å². The second kappa shape index (κ2) is 5.40. The second-order valence-electron chi connectivity index (χ2n) is 4.38. The van der Waals surface area contributed by atoms with Crippen LogP contribution in [-0.2, 0) is 6.42 Å². The van der Waals surface area contributed by atoms with Crippen LogP contribution in [-0.4, -0.2) is 14.8 Å². The van der Waals surface area contributed by atoms with Crippen LogP contribution in [0.2, 0.25) is 0 Å². The molecule has 0 amide bonds. The number of nitrogens with one attached hydrogen (secondary N) is 1. The molecule has 1 unspecified atom stereocenters. The summed E-state index contributed by atoms with van der Waals surface area (Å²) in [6.45, 7) is 2.18. The normalized spacial score (nSPS) is 12.7. The van der Waals surface area contributed by atoms with Crippen LogP contribution in [0, 0.1) is 4.77 Å². The molecule has 0 aliphatic carbocycles. The number of hydrogen-bond acceptors (Lipinski definition) is 4. The van der Waals surface area contributed by atoms with Crippen LogP contribution in [0.15, 0.2) is 34.3 Å². The molecule has 0 saturated heterocycles. The quantitative estimate of drug-likeness (QED) is 0.718. The molecular weight excluding hydrogens is 294 g/mol. The Kier molecular flexibility index (Phi) is 3.63. The summed E-state index contributed by atoms with van der Waals surface area (Å²) in [5.41, 5.74) is 1.35. The van der Waals surface area contributed by atoms with Crippen molar-refractivity contribution in [3.05, 3.63) is 44.7 Å². The van der Waals surface area contributed by atoms with Crippen LogP contribution in [0.4, 0.5) is 0 Å². The predicted octanol–water partition coefficient (Wildman–Crippen LogP) is 4.53. The Hall–Kier alpha value is -1.24. The molecule has 0 radical (unpaired) electrons. The Bertz CT molecular complexity index is 692. The molecular formula is C13H13N3S3. The van der Waals surface area contributed by atoms with Gasteiger partial charge in [-0.25, -0.2) is 0 Å². The van der Waals surface area contributed by atoms with E-state index in [4.69, 9.17) is 12.2 Å². The van der Waals surface area contributed by atoms with Gasteiger partial charge in [-0.1, -0.05) is 6.07 Å². The van der Waals surface area contributed by atoms with Gasteiger partial charge in [-0.15, -0.1) is 11.3 Å². The van der Waals surface area contributed by atoms with Crippen LogP contribution < -0.4 is 0 Å². The summed E-state index contributed by atoms with van der Waals surface area (Å²) in [4.78, 5) is 1.14. The van der Waals surface area contributed by atoms with Gasteiger partial charge >= 0.3 is 0 Å². The minimum Gasteiger partial charge on any atom is -0.296 e. The summed E-state index contributed by atoms with van der Waals surface area (Å²) in [5.74, 6) is 0.933. The van der Waals surface area contributed by atoms with Gasteiger partial charge in [-0.3, -0.25) is 9.67 Å². The lowest BCUT2D eigenvalue weighted by Gasteiger charge is -2.14. The molecule has 1 atom stereocenters. The van der Waals surface area contributed by atoms with Crippen molar-refractivity contribution in [2.75, 3.05) is 0 Å². The molecule has 0 aliphatic heterocycles. The first-order valence-electron chi connectivity index (χ1n) is 5.97. The fourth-order valence-electron chi connectivity index (χ4n) is 2.13. The summed E-state index contributed by atoms with van der Waals surface area (Å²) in [6.07, 6.45) is 0.968. The first-order chi connectivity index (χ1) is 9.25. The lowest BCUT2D eigenvalue weighted by Crippen LogP contribution is -2.09. The van der Waals surface area contributed by atoms with Gasteiger partial charge in [-0.2, -0.15) is 16.4 Å². The number of nitrogens with zero attached hydrogens (tertiary/aromatic N) is 2. The zero-order chi connectivity index (χ0) is 13.2. The van der Waals surface area contributed by atoms with Crippen LogP contribution >= 0.6 is 34.9 Å². The standard InChI is InChI=1S/C13H13N3S3/c1-9(7-10-4-6-18-8-10)16-12(14-15-13(16)17)11-3-2-5-19-11/h2-6,8-9H,7H2,1H3,(H,15,17). The highest BCUT2D eigenvalue weighted by Gasteiger charge is 2.15. The van der Waals surface area contributed by atoms with Crippen molar-refractivity contribution in [2.45, 2.75) is 19.4 Å². The Morgan fingerprint density at radius 1 is 1.42 bits per heavy atom. The van der Waals surface area contributed by atoms with Crippen molar-refractivity contribution in [1.82, 2.24) is 14.8 Å². The van der Waals surface area contributed by atoms with Crippen molar-refractivity contribution in [3.63, 3.8) is 0 Å². The topological polar surface area (TPSA) is 33.6 Å². The summed E-state index contributed by atoms with van der Waals surface area (Å²) in [7, 11) is 0. The Morgan fingerprint density at radius 3 is 3.00 bits per heavy atom. The van der Waals surface area contributed by atoms with Crippen LogP contribution in [0.1, 0.15) is 18.5 Å². The predicted molar refractivity (Wildman–Crippen MR) is 83.5 cm³/mol. The third-order valence-corrected chi connectivity index (χ3v) is 4.88. The average Bonchev–Trinajstić information content (AvgIpc) is 3.07. The van der Waals surface area contributed by atoms with Gasteiger partial charge in [0.2, 0.25) is 0 Å². The molecule has 98 valence electrons. The fraction of sp³-hybridized carbons (Fsp3) is 0.231. The van der Waals surface area contributed by atoms with E-state index in [0.717, 1.165) is 17.1 Å². The molecule has 0 saturated carbocycles. The molecule has 3 heterocycles. The van der Waals surface area contributed by atoms with Crippen molar-refractivity contribution in [1.29, 1.82) is 0 Å². The minimum atomic E-state index is 0.290. The van der Waals surface area contributed by atoms with E-state index in [0.29, 0.717) is 4.77 Å². The highest BCUT2D eigenvalue weighted by atomic mass is 32.1. The van der Waals surface area contributed by atoms with Crippen LogP contribution in [0.25, 0.3) is 10.7 Å². The largest absolute Gasteiger partial charge is 0.296 e. The maximum Gasteiger partial charge on any atom is 0.195 e. The summed E-state index contributed by atoms with van der Waals surface area (Å²) >= 11 is 8.78. The molecule has 0 bridgehead atoms. The van der Waals surface area contributed by atoms with E-state index in [-0.39, 0.29) is 6.04 Å². The van der Waals surface area contributed by atoms with Crippen LogP contribution in [0.3, 0.4) is 0 Å². The zero-order valence-corrected chi connectivity index (χ0v) is 12.8. The van der Waals surface area contributed by atoms with Gasteiger partial charge in [0.05, 0.1) is 4.88 Å². The van der Waals surface area contributed by atoms with E-state index >= 15 is 0 Å². The van der Waals surface area contributed by atoms with Crippen LogP contribution in [0.5, 0.6) is 0 Å². The molecule has 3 aromatic rings. The van der Waals surface area contributed by atoms with Gasteiger partial charge < -0.3 is 0 Å². The summed E-state index contributed by atoms with van der Waals surface area (Å²) < 4.78 is 2.80. The van der Waals surface area contributed by atoms with Gasteiger partial charge in [0.1, 0.15) is 0 Å². The molecule has 3 rings (SSSR count). The lowest BCUT2D eigenvalue weighted by atomic mass is 10.1. The van der Waals surface area contributed by atoms with Crippen molar-refractivity contribution >= 4 is 34.9 Å². The molecule has 0 spiro atoms. The van der Waals surface area contributed by atoms with E-state index in [1.807, 2.05) is 6.07 Å². The number of aromatic amines is 1. The van der Waals surface area contributed by atoms with E-state index in [1.165, 1.54) is 5.56 Å². The Morgan fingerprint density at radius 2 is 2.32 bits per heavy atom. The van der Waals surface area contributed by atoms with Crippen molar-refractivity contribution in [2.24, 2.45) is 0 Å². The number of aromatic nitrogens is 3. The van der Waals surface area contributed by atoms with Gasteiger partial charge in [-0.05, 0) is 59.4 Å². The minimum absolute atomic E-state index is 0.290. The van der Waals surface area contributed by atoms with Gasteiger partial charge in [0.15, 0.2) is 10.6 Å². The van der Waals surface area contributed by atoms with Gasteiger partial charge in [0, 0.05) is 6.04 Å². The molecule has 0 aromatic carbocycles. The number of H-pyrrole nitrogens is 1. The summed E-state index contributed by atoms with van der Waals surface area (Å²) in [6, 6.07) is 6.56. The monoisotopic (exact) mass is 307 g/mol. The number of thiophene rings is 2. The molecule has 0 fully saturated rings. The first-order valence-corrected chi connectivity index (χ1v) is 8.20. The molecule has 1 N–H and O–H groups in total. The van der Waals surface area contributed by atoms with E-state index in [1.54, 1.807) is 22.7 Å². The first kappa shape index (κ1) is 12.8. The average molecular weight is 307 g/mol. The number of hydrogen-bond donors (Lipinski definition) is 1. The third kappa shape index (κ3) is 2.56. The highest BCUT2D eigenvalue weighted by molar-refractivity contribution is 7.71. The van der Waals surface area contributed by atoms with Gasteiger partial charge in [0.25, 0.3) is 0 Å². The second-order valence-corrected chi connectivity index (χ2v) is 6.50. The molecule has 3 aromatic heterocycles. The van der Waals surface area contributed by atoms with E-state index in [9.17, 15) is 0 Å². The Labute approximate surface area is 124 Å². The lowest BCUT2D eigenvalue weighted by molar-refractivity contribution is 0.543. The molecule has 6 heteroatoms. The Balaban J connectivity index is 1.96. The SMILES string of the molecule is CC(Cc1ccsc1)n1c(-c2cccs2)n[nH]c1=S. The maximum atomic E-state index is 5.37. The molecule has 19 heavy (non-hydrogen) atoms. The highest BCUT2D eigenvalue weighted by Crippen LogP contribution is 2.27. The van der Waals surface area contributed by atoms with Crippen molar-refractivity contribution < 1.29 is 0 Å². The maximum absolute atomic E-state index is 5.37. The third-order valence-electron chi connectivity index (χ3n) is 3.00. The van der Waals surface area contributed by atoms with E-state index in [2.05, 4.69) is 50.0 Å². The summed E-state index contributed by atoms with van der Waals surface area (Å²) in [5, 5.41) is 13.6. The van der Waals surface area contributed by atoms with Crippen molar-refractivity contribution in [3.8, 4) is 10.7 Å². The fourth-order valence-corrected chi connectivity index (χ4v) is 3.84. The zero-order valence-electron chi connectivity index (χ0n) is 10.4. The molecule has 3 nitrogen and oxygen atoms in total.